The van der Waals surface area contributed by atoms with E-state index in [1.54, 1.807) is 30.3 Å². The minimum absolute atomic E-state index is 0.0431. The Hall–Kier alpha value is -2.51. The summed E-state index contributed by atoms with van der Waals surface area (Å²) in [6.07, 6.45) is 1.42. The van der Waals surface area contributed by atoms with Crippen molar-refractivity contribution >= 4 is 51.2 Å². The largest absolute Gasteiger partial charge is 0.402 e. The van der Waals surface area contributed by atoms with Crippen molar-refractivity contribution in [1.82, 2.24) is 0 Å². The Morgan fingerprint density at radius 2 is 2.00 bits per heavy atom. The molecule has 0 N–H and O–H groups in total. The molecular weight excluding hydrogens is 400 g/mol. The highest BCUT2D eigenvalue weighted by Crippen LogP contribution is 2.28. The first kappa shape index (κ1) is 16.4. The van der Waals surface area contributed by atoms with E-state index < -0.39 is 10.9 Å². The third-order valence-corrected chi connectivity index (χ3v) is 4.20. The molecule has 0 amide bonds. The average molecular weight is 408 g/mol. The number of esters is 1. The second kappa shape index (κ2) is 6.54. The van der Waals surface area contributed by atoms with Crippen molar-refractivity contribution in [2.75, 3.05) is 0 Å². The summed E-state index contributed by atoms with van der Waals surface area (Å²) < 4.78 is 5.48. The van der Waals surface area contributed by atoms with Crippen molar-refractivity contribution in [2.24, 2.45) is 4.99 Å². The van der Waals surface area contributed by atoms with Gasteiger partial charge in [-0.05, 0) is 45.8 Å². The lowest BCUT2D eigenvalue weighted by molar-refractivity contribution is -0.385. The molecule has 120 valence electrons. The van der Waals surface area contributed by atoms with Crippen molar-refractivity contribution in [2.45, 2.75) is 0 Å². The number of rotatable bonds is 3. The fourth-order valence-corrected chi connectivity index (χ4v) is 2.68. The lowest BCUT2D eigenvalue weighted by Gasteiger charge is -2.00. The van der Waals surface area contributed by atoms with Crippen molar-refractivity contribution in [3.8, 4) is 0 Å². The summed E-state index contributed by atoms with van der Waals surface area (Å²) in [6, 6.07) is 11.3. The SMILES string of the molecule is O=C1OC(c2ccccc2Cl)=NC1=Cc1ccc(Br)c([N+](=O)[O-])c1. The van der Waals surface area contributed by atoms with Crippen LogP contribution >= 0.6 is 27.5 Å². The second-order valence-corrected chi connectivity index (χ2v) is 6.05. The van der Waals surface area contributed by atoms with Gasteiger partial charge >= 0.3 is 5.97 Å². The number of carbonyl (C=O) groups is 1. The molecule has 1 aliphatic rings. The lowest BCUT2D eigenvalue weighted by Crippen LogP contribution is -2.05. The predicted octanol–water partition coefficient (Wildman–Crippen LogP) is 4.36. The van der Waals surface area contributed by atoms with Gasteiger partial charge in [0, 0.05) is 6.07 Å². The number of nitrogens with zero attached hydrogens (tertiary/aromatic N) is 2. The maximum atomic E-state index is 12.0. The molecule has 2 aromatic rings. The van der Waals surface area contributed by atoms with Gasteiger partial charge in [-0.3, -0.25) is 10.1 Å². The van der Waals surface area contributed by atoms with Crippen LogP contribution in [0, 0.1) is 10.1 Å². The summed E-state index contributed by atoms with van der Waals surface area (Å²) in [4.78, 5) is 26.6. The minimum Gasteiger partial charge on any atom is -0.402 e. The van der Waals surface area contributed by atoms with Crippen LogP contribution in [0.4, 0.5) is 5.69 Å². The van der Waals surface area contributed by atoms with Gasteiger partial charge in [0.25, 0.3) is 5.69 Å². The fourth-order valence-electron chi connectivity index (χ4n) is 2.08. The molecule has 0 fully saturated rings. The molecule has 0 bridgehead atoms. The highest BCUT2D eigenvalue weighted by molar-refractivity contribution is 9.10. The quantitative estimate of drug-likeness (QED) is 0.328. The molecule has 0 saturated heterocycles. The van der Waals surface area contributed by atoms with Gasteiger partial charge in [0.15, 0.2) is 5.70 Å². The normalized spacial score (nSPS) is 15.3. The van der Waals surface area contributed by atoms with E-state index in [0.29, 0.717) is 20.6 Å². The van der Waals surface area contributed by atoms with E-state index in [-0.39, 0.29) is 17.3 Å². The summed E-state index contributed by atoms with van der Waals surface area (Å²) in [5.41, 5.74) is 0.895. The van der Waals surface area contributed by atoms with Crippen LogP contribution in [0.15, 0.2) is 57.6 Å². The Labute approximate surface area is 149 Å². The first-order valence-corrected chi connectivity index (χ1v) is 7.84. The lowest BCUT2D eigenvalue weighted by atomic mass is 10.1. The van der Waals surface area contributed by atoms with Crippen molar-refractivity contribution < 1.29 is 14.5 Å². The molecule has 3 rings (SSSR count). The van der Waals surface area contributed by atoms with Crippen molar-refractivity contribution in [1.29, 1.82) is 0 Å². The molecule has 0 atom stereocenters. The number of nitro groups is 1. The molecule has 0 aromatic heterocycles. The Morgan fingerprint density at radius 3 is 2.71 bits per heavy atom. The van der Waals surface area contributed by atoms with Gasteiger partial charge in [-0.2, -0.15) is 0 Å². The standard InChI is InChI=1S/C16H8BrClN2O4/c17-11-6-5-9(8-14(11)20(22)23)7-13-16(21)24-15(19-13)10-3-1-2-4-12(10)18/h1-8H. The van der Waals surface area contributed by atoms with E-state index in [0.717, 1.165) is 0 Å². The smallest absolute Gasteiger partial charge is 0.363 e. The number of ether oxygens (including phenoxy) is 1. The molecule has 1 heterocycles. The first-order valence-electron chi connectivity index (χ1n) is 6.67. The van der Waals surface area contributed by atoms with Crippen LogP contribution in [-0.2, 0) is 9.53 Å². The zero-order chi connectivity index (χ0) is 17.3. The van der Waals surface area contributed by atoms with Crippen LogP contribution in [0.2, 0.25) is 5.02 Å². The molecule has 1 aliphatic heterocycles. The number of halogens is 2. The van der Waals surface area contributed by atoms with Crippen LogP contribution in [0.25, 0.3) is 6.08 Å². The number of cyclic esters (lactones) is 1. The predicted molar refractivity (Wildman–Crippen MR) is 92.9 cm³/mol. The average Bonchev–Trinajstić information content (AvgIpc) is 2.90. The molecule has 0 spiro atoms. The number of aliphatic imine (C=N–C) groups is 1. The second-order valence-electron chi connectivity index (χ2n) is 4.78. The van der Waals surface area contributed by atoms with Gasteiger partial charge in [-0.15, -0.1) is 0 Å². The molecule has 0 unspecified atom stereocenters. The van der Waals surface area contributed by atoms with Gasteiger partial charge in [0.1, 0.15) is 0 Å². The maximum Gasteiger partial charge on any atom is 0.363 e. The molecule has 6 nitrogen and oxygen atoms in total. The van der Waals surface area contributed by atoms with E-state index in [1.165, 1.54) is 18.2 Å². The number of carbonyl (C=O) groups excluding carboxylic acids is 1. The Bertz CT molecular complexity index is 924. The molecule has 24 heavy (non-hydrogen) atoms. The zero-order valence-corrected chi connectivity index (χ0v) is 14.2. The number of hydrogen-bond acceptors (Lipinski definition) is 5. The van der Waals surface area contributed by atoms with Crippen molar-refractivity contribution in [3.05, 3.63) is 78.9 Å². The highest BCUT2D eigenvalue weighted by Gasteiger charge is 2.25. The highest BCUT2D eigenvalue weighted by atomic mass is 79.9. The number of benzene rings is 2. The first-order chi connectivity index (χ1) is 11.5. The van der Waals surface area contributed by atoms with E-state index >= 15 is 0 Å². The van der Waals surface area contributed by atoms with Crippen LogP contribution in [0.3, 0.4) is 0 Å². The van der Waals surface area contributed by atoms with Gasteiger partial charge in [-0.1, -0.05) is 29.8 Å². The van der Waals surface area contributed by atoms with Gasteiger partial charge in [-0.25, -0.2) is 9.79 Å². The minimum atomic E-state index is -0.643. The molecule has 0 saturated carbocycles. The molecule has 0 radical (unpaired) electrons. The van der Waals surface area contributed by atoms with E-state index in [9.17, 15) is 14.9 Å². The summed E-state index contributed by atoms with van der Waals surface area (Å²) in [5, 5.41) is 11.4. The van der Waals surface area contributed by atoms with Gasteiger partial charge < -0.3 is 4.74 Å². The number of nitro benzene ring substituents is 1. The Balaban J connectivity index is 1.99. The monoisotopic (exact) mass is 406 g/mol. The third kappa shape index (κ3) is 3.22. The summed E-state index contributed by atoms with van der Waals surface area (Å²) in [5.74, 6) is -0.543. The van der Waals surface area contributed by atoms with E-state index in [2.05, 4.69) is 20.9 Å². The topological polar surface area (TPSA) is 81.8 Å². The molecule has 8 heteroatoms. The third-order valence-electron chi connectivity index (χ3n) is 3.20. The molecular formula is C16H8BrClN2O4. The van der Waals surface area contributed by atoms with Crippen molar-refractivity contribution in [3.63, 3.8) is 0 Å². The zero-order valence-electron chi connectivity index (χ0n) is 11.9. The van der Waals surface area contributed by atoms with Crippen LogP contribution in [-0.4, -0.2) is 16.8 Å². The summed E-state index contributed by atoms with van der Waals surface area (Å²) in [7, 11) is 0. The van der Waals surface area contributed by atoms with Crippen LogP contribution in [0.1, 0.15) is 11.1 Å². The van der Waals surface area contributed by atoms with E-state index in [4.69, 9.17) is 16.3 Å². The summed E-state index contributed by atoms with van der Waals surface area (Å²) >= 11 is 9.17. The van der Waals surface area contributed by atoms with Gasteiger partial charge in [0.05, 0.1) is 20.0 Å². The summed E-state index contributed by atoms with van der Waals surface area (Å²) in [6.45, 7) is 0. The molecule has 2 aromatic carbocycles. The van der Waals surface area contributed by atoms with Crippen LogP contribution in [0.5, 0.6) is 0 Å². The Morgan fingerprint density at radius 1 is 1.25 bits per heavy atom. The van der Waals surface area contributed by atoms with Gasteiger partial charge in [0.2, 0.25) is 5.90 Å². The Kier molecular flexibility index (Phi) is 4.46. The number of hydrogen-bond donors (Lipinski definition) is 0. The molecule has 0 aliphatic carbocycles. The maximum absolute atomic E-state index is 12.0. The van der Waals surface area contributed by atoms with Crippen LogP contribution < -0.4 is 0 Å². The fraction of sp³-hybridized carbons (Fsp3) is 0. The van der Waals surface area contributed by atoms with E-state index in [1.807, 2.05) is 0 Å².